The largest absolute Gasteiger partial charge is 0.350 e. The summed E-state index contributed by atoms with van der Waals surface area (Å²) in [6, 6.07) is 15.0. The van der Waals surface area contributed by atoms with E-state index >= 15 is 0 Å². The van der Waals surface area contributed by atoms with E-state index in [1.807, 2.05) is 30.3 Å². The number of nitrogens with one attached hydrogen (secondary N) is 2. The van der Waals surface area contributed by atoms with E-state index in [4.69, 9.17) is 11.6 Å². The first-order valence-corrected chi connectivity index (χ1v) is 10.4. The lowest BCUT2D eigenvalue weighted by Gasteiger charge is -2.28. The van der Waals surface area contributed by atoms with Crippen LogP contribution in [-0.4, -0.2) is 49.6 Å². The van der Waals surface area contributed by atoms with Crippen LogP contribution in [0.25, 0.3) is 0 Å². The molecule has 2 heterocycles. The van der Waals surface area contributed by atoms with E-state index in [9.17, 15) is 9.59 Å². The fourth-order valence-corrected chi connectivity index (χ4v) is 4.23. The van der Waals surface area contributed by atoms with Gasteiger partial charge in [-0.1, -0.05) is 23.7 Å². The Morgan fingerprint density at radius 1 is 1.10 bits per heavy atom. The van der Waals surface area contributed by atoms with E-state index < -0.39 is 0 Å². The summed E-state index contributed by atoms with van der Waals surface area (Å²) >= 11 is 6.19. The molecule has 0 radical (unpaired) electrons. The molecule has 6 nitrogen and oxygen atoms in total. The Morgan fingerprint density at radius 3 is 2.52 bits per heavy atom. The third kappa shape index (κ3) is 4.54. The summed E-state index contributed by atoms with van der Waals surface area (Å²) in [7, 11) is 0. The van der Waals surface area contributed by atoms with Gasteiger partial charge in [-0.3, -0.25) is 14.6 Å². The van der Waals surface area contributed by atoms with Gasteiger partial charge in [0.25, 0.3) is 5.91 Å². The normalized spacial score (nSPS) is 18.0. The van der Waals surface area contributed by atoms with Crippen LogP contribution in [0.4, 0.5) is 10.5 Å². The third-order valence-corrected chi connectivity index (χ3v) is 5.80. The van der Waals surface area contributed by atoms with Gasteiger partial charge in [-0.25, -0.2) is 4.79 Å². The lowest BCUT2D eigenvalue weighted by molar-refractivity contribution is 0.0938. The second-order valence-corrected chi connectivity index (χ2v) is 7.89. The zero-order valence-electron chi connectivity index (χ0n) is 16.2. The molecule has 1 unspecified atom stereocenters. The van der Waals surface area contributed by atoms with Gasteiger partial charge in [0, 0.05) is 35.9 Å². The Kier molecular flexibility index (Phi) is 6.02. The predicted molar refractivity (Wildman–Crippen MR) is 115 cm³/mol. The molecule has 4 rings (SSSR count). The first-order valence-electron chi connectivity index (χ1n) is 10.0. The number of hydrogen-bond donors (Lipinski definition) is 2. The minimum atomic E-state index is -0.117. The van der Waals surface area contributed by atoms with Crippen molar-refractivity contribution in [1.29, 1.82) is 0 Å². The molecule has 0 aliphatic carbocycles. The summed E-state index contributed by atoms with van der Waals surface area (Å²) < 4.78 is 0. The van der Waals surface area contributed by atoms with Gasteiger partial charge < -0.3 is 10.6 Å². The van der Waals surface area contributed by atoms with Crippen LogP contribution in [0.15, 0.2) is 48.5 Å². The maximum Gasteiger partial charge on any atom is 0.321 e. The maximum atomic E-state index is 12.7. The molecule has 0 bridgehead atoms. The molecule has 0 saturated carbocycles. The second-order valence-electron chi connectivity index (χ2n) is 7.45. The SMILES string of the molecule is O=C(NCC(c1cccc(Cl)c1)N1CCCC1)c1ccc(N2CCNC2=O)cc1. The van der Waals surface area contributed by atoms with E-state index in [2.05, 4.69) is 21.6 Å². The molecule has 2 aromatic carbocycles. The molecule has 2 aromatic rings. The van der Waals surface area contributed by atoms with Crippen LogP contribution in [0.1, 0.15) is 34.8 Å². The van der Waals surface area contributed by atoms with Crippen molar-refractivity contribution in [2.75, 3.05) is 37.6 Å². The van der Waals surface area contributed by atoms with Gasteiger partial charge in [-0.05, 0) is 67.9 Å². The minimum Gasteiger partial charge on any atom is -0.350 e. The van der Waals surface area contributed by atoms with Gasteiger partial charge in [0.1, 0.15) is 0 Å². The summed E-state index contributed by atoms with van der Waals surface area (Å²) in [6.07, 6.45) is 2.35. The fourth-order valence-electron chi connectivity index (χ4n) is 4.03. The van der Waals surface area contributed by atoms with Gasteiger partial charge in [0.05, 0.1) is 6.04 Å². The number of carbonyl (C=O) groups excluding carboxylic acids is 2. The number of anilines is 1. The molecule has 2 N–H and O–H groups in total. The Labute approximate surface area is 175 Å². The number of likely N-dealkylation sites (tertiary alicyclic amines) is 1. The minimum absolute atomic E-state index is 0.0998. The smallest absolute Gasteiger partial charge is 0.321 e. The Bertz CT molecular complexity index is 881. The summed E-state index contributed by atoms with van der Waals surface area (Å²) in [5.74, 6) is -0.117. The van der Waals surface area contributed by atoms with Crippen LogP contribution >= 0.6 is 11.6 Å². The molecule has 2 fully saturated rings. The van der Waals surface area contributed by atoms with Crippen LogP contribution in [0.2, 0.25) is 5.02 Å². The molecule has 7 heteroatoms. The number of nitrogens with zero attached hydrogens (tertiary/aromatic N) is 2. The van der Waals surface area contributed by atoms with Gasteiger partial charge in [0.2, 0.25) is 0 Å². The van der Waals surface area contributed by atoms with Crippen LogP contribution in [0.3, 0.4) is 0 Å². The molecule has 0 spiro atoms. The number of benzene rings is 2. The summed E-state index contributed by atoms with van der Waals surface area (Å²) in [6.45, 7) is 3.86. The second kappa shape index (κ2) is 8.84. The predicted octanol–water partition coefficient (Wildman–Crippen LogP) is 3.44. The van der Waals surface area contributed by atoms with Crippen LogP contribution in [-0.2, 0) is 0 Å². The summed E-state index contributed by atoms with van der Waals surface area (Å²) in [4.78, 5) is 28.6. The van der Waals surface area contributed by atoms with Crippen molar-refractivity contribution < 1.29 is 9.59 Å². The summed E-state index contributed by atoms with van der Waals surface area (Å²) in [5, 5.41) is 6.56. The molecular formula is C22H25ClN4O2. The summed E-state index contributed by atoms with van der Waals surface area (Å²) in [5.41, 5.74) is 2.50. The van der Waals surface area contributed by atoms with Crippen LogP contribution in [0.5, 0.6) is 0 Å². The fraction of sp³-hybridized carbons (Fsp3) is 0.364. The number of halogens is 1. The van der Waals surface area contributed by atoms with Crippen molar-refractivity contribution in [3.05, 3.63) is 64.7 Å². The van der Waals surface area contributed by atoms with Gasteiger partial charge in [0.15, 0.2) is 0 Å². The van der Waals surface area contributed by atoms with Crippen molar-refractivity contribution in [3.8, 4) is 0 Å². The van der Waals surface area contributed by atoms with Crippen molar-refractivity contribution in [1.82, 2.24) is 15.5 Å². The standard InChI is InChI=1S/C22H25ClN4O2/c23-18-5-3-4-17(14-18)20(26-11-1-2-12-26)15-25-21(28)16-6-8-19(9-7-16)27-13-10-24-22(27)29/h3-9,14,20H,1-2,10-13,15H2,(H,24,29)(H,25,28). The number of hydrogen-bond acceptors (Lipinski definition) is 3. The molecule has 3 amide bonds. The lowest BCUT2D eigenvalue weighted by atomic mass is 10.1. The highest BCUT2D eigenvalue weighted by Gasteiger charge is 2.25. The Balaban J connectivity index is 1.43. The monoisotopic (exact) mass is 412 g/mol. The molecule has 1 atom stereocenters. The van der Waals surface area contributed by atoms with Crippen LogP contribution in [0, 0.1) is 0 Å². The van der Waals surface area contributed by atoms with Crippen molar-refractivity contribution in [2.45, 2.75) is 18.9 Å². The van der Waals surface area contributed by atoms with Crippen LogP contribution < -0.4 is 15.5 Å². The van der Waals surface area contributed by atoms with E-state index in [-0.39, 0.29) is 18.0 Å². The Hall–Kier alpha value is -2.57. The van der Waals surface area contributed by atoms with Crippen molar-refractivity contribution in [3.63, 3.8) is 0 Å². The first kappa shape index (κ1) is 19.7. The highest BCUT2D eigenvalue weighted by atomic mass is 35.5. The highest BCUT2D eigenvalue weighted by Crippen LogP contribution is 2.26. The molecule has 2 aliphatic rings. The number of carbonyl (C=O) groups is 2. The van der Waals surface area contributed by atoms with E-state index in [1.165, 1.54) is 12.8 Å². The maximum absolute atomic E-state index is 12.7. The van der Waals surface area contributed by atoms with Crippen molar-refractivity contribution in [2.24, 2.45) is 0 Å². The first-order chi connectivity index (χ1) is 14.1. The Morgan fingerprint density at radius 2 is 1.86 bits per heavy atom. The van der Waals surface area contributed by atoms with Gasteiger partial charge in [-0.2, -0.15) is 0 Å². The zero-order chi connectivity index (χ0) is 20.2. The van der Waals surface area contributed by atoms with E-state index in [0.29, 0.717) is 30.2 Å². The molecule has 29 heavy (non-hydrogen) atoms. The average molecular weight is 413 g/mol. The lowest BCUT2D eigenvalue weighted by Crippen LogP contribution is -2.36. The molecule has 152 valence electrons. The molecule has 0 aromatic heterocycles. The zero-order valence-corrected chi connectivity index (χ0v) is 17.0. The van der Waals surface area contributed by atoms with E-state index in [1.54, 1.807) is 17.0 Å². The molecule has 2 saturated heterocycles. The topological polar surface area (TPSA) is 64.7 Å². The van der Waals surface area contributed by atoms with Gasteiger partial charge in [-0.15, -0.1) is 0 Å². The molecular weight excluding hydrogens is 388 g/mol. The number of urea groups is 1. The van der Waals surface area contributed by atoms with Gasteiger partial charge >= 0.3 is 6.03 Å². The van der Waals surface area contributed by atoms with E-state index in [0.717, 1.165) is 24.3 Å². The number of rotatable bonds is 6. The molecule has 2 aliphatic heterocycles. The quantitative estimate of drug-likeness (QED) is 0.763. The van der Waals surface area contributed by atoms with Crippen molar-refractivity contribution >= 4 is 29.2 Å². The number of amides is 3. The highest BCUT2D eigenvalue weighted by molar-refractivity contribution is 6.30. The average Bonchev–Trinajstić information content (AvgIpc) is 3.40. The third-order valence-electron chi connectivity index (χ3n) is 5.57.